The van der Waals surface area contributed by atoms with Crippen LogP contribution in [0.2, 0.25) is 0 Å². The Morgan fingerprint density at radius 3 is 2.59 bits per heavy atom. The van der Waals surface area contributed by atoms with Gasteiger partial charge in [0.25, 0.3) is 0 Å². The minimum absolute atomic E-state index is 0.447. The number of nitrogens with one attached hydrogen (secondary N) is 1. The lowest BCUT2D eigenvalue weighted by molar-refractivity contribution is 0.799. The number of hydrogen-bond donors (Lipinski definition) is 1. The Morgan fingerprint density at radius 2 is 2.00 bits per heavy atom. The fourth-order valence-corrected chi connectivity index (χ4v) is 1.83. The van der Waals surface area contributed by atoms with Gasteiger partial charge in [0.05, 0.1) is 0 Å². The summed E-state index contributed by atoms with van der Waals surface area (Å²) in [5.41, 5.74) is 2.14. The first kappa shape index (κ1) is 14.3. The van der Waals surface area contributed by atoms with Crippen molar-refractivity contribution in [3.8, 4) is 0 Å². The fraction of sp³-hybridized carbons (Fsp3) is 0.692. The number of nitrogens with zero attached hydrogens (tertiary/aromatic N) is 2. The highest BCUT2D eigenvalue weighted by molar-refractivity contribution is 7.99. The second-order valence-electron chi connectivity index (χ2n) is 4.67. The summed E-state index contributed by atoms with van der Waals surface area (Å²) >= 11 is 1.89. The van der Waals surface area contributed by atoms with Crippen LogP contribution in [-0.4, -0.2) is 28.0 Å². The molecule has 0 aliphatic carbocycles. The predicted octanol–water partition coefficient (Wildman–Crippen LogP) is 3.46. The van der Waals surface area contributed by atoms with Crippen molar-refractivity contribution in [1.82, 2.24) is 9.97 Å². The van der Waals surface area contributed by atoms with Crippen LogP contribution >= 0.6 is 11.8 Å². The molecule has 0 radical (unpaired) electrons. The number of aromatic nitrogens is 2. The van der Waals surface area contributed by atoms with Crippen molar-refractivity contribution in [3.05, 3.63) is 17.5 Å². The molecule has 1 atom stereocenters. The van der Waals surface area contributed by atoms with Gasteiger partial charge in [-0.25, -0.2) is 9.97 Å². The minimum Gasteiger partial charge on any atom is -0.354 e. The maximum absolute atomic E-state index is 4.53. The summed E-state index contributed by atoms with van der Waals surface area (Å²) in [5, 5.41) is 3.99. The third-order valence-corrected chi connectivity index (χ3v) is 3.74. The second-order valence-corrected chi connectivity index (χ2v) is 5.95. The molecule has 1 N–H and O–H groups in total. The molecule has 0 saturated carbocycles. The molecule has 0 amide bonds. The fourth-order valence-electron chi connectivity index (χ4n) is 1.47. The van der Waals surface area contributed by atoms with Gasteiger partial charge in [-0.05, 0) is 31.6 Å². The van der Waals surface area contributed by atoms with Crippen molar-refractivity contribution in [2.24, 2.45) is 0 Å². The zero-order valence-electron chi connectivity index (χ0n) is 11.4. The van der Waals surface area contributed by atoms with Crippen molar-refractivity contribution in [2.75, 3.05) is 18.1 Å². The highest BCUT2D eigenvalue weighted by atomic mass is 32.2. The highest BCUT2D eigenvalue weighted by Gasteiger charge is 2.06. The van der Waals surface area contributed by atoms with Crippen LogP contribution in [0.1, 0.15) is 44.5 Å². The van der Waals surface area contributed by atoms with Gasteiger partial charge in [0.15, 0.2) is 0 Å². The van der Waals surface area contributed by atoms with Gasteiger partial charge in [-0.15, -0.1) is 0 Å². The Hall–Kier alpha value is -0.770. The average molecular weight is 253 g/mol. The Bertz CT molecular complexity index is 353. The quantitative estimate of drug-likeness (QED) is 0.842. The summed E-state index contributed by atoms with van der Waals surface area (Å²) in [7, 11) is 0. The number of anilines is 1. The van der Waals surface area contributed by atoms with Gasteiger partial charge in [0.2, 0.25) is 5.95 Å². The van der Waals surface area contributed by atoms with Crippen LogP contribution in [0.5, 0.6) is 0 Å². The Labute approximate surface area is 109 Å². The largest absolute Gasteiger partial charge is 0.354 e. The van der Waals surface area contributed by atoms with E-state index < -0.39 is 0 Å². The Balaban J connectivity index is 2.59. The van der Waals surface area contributed by atoms with Gasteiger partial charge in [0, 0.05) is 23.2 Å². The number of hydrogen-bond acceptors (Lipinski definition) is 4. The molecular formula is C13H23N3S. The number of aryl methyl sites for hydroxylation is 1. The van der Waals surface area contributed by atoms with E-state index in [1.54, 1.807) is 0 Å². The first-order valence-corrected chi connectivity index (χ1v) is 7.44. The summed E-state index contributed by atoms with van der Waals surface area (Å²) in [6.07, 6.45) is 3.28. The SMILES string of the molecule is CSC(C)CCNc1nc(C)cc(C(C)C)n1. The van der Waals surface area contributed by atoms with E-state index in [9.17, 15) is 0 Å². The van der Waals surface area contributed by atoms with Gasteiger partial charge >= 0.3 is 0 Å². The minimum atomic E-state index is 0.447. The molecule has 4 heteroatoms. The van der Waals surface area contributed by atoms with Gasteiger partial charge in [-0.3, -0.25) is 0 Å². The molecule has 0 aromatic carbocycles. The molecule has 0 aliphatic heterocycles. The van der Waals surface area contributed by atoms with E-state index in [0.29, 0.717) is 11.2 Å². The highest BCUT2D eigenvalue weighted by Crippen LogP contribution is 2.15. The molecule has 0 fully saturated rings. The van der Waals surface area contributed by atoms with Gasteiger partial charge in [-0.1, -0.05) is 20.8 Å². The molecule has 0 bridgehead atoms. The van der Waals surface area contributed by atoms with Crippen molar-refractivity contribution >= 4 is 17.7 Å². The molecule has 1 unspecified atom stereocenters. The molecule has 1 rings (SSSR count). The monoisotopic (exact) mass is 253 g/mol. The van der Waals surface area contributed by atoms with Crippen LogP contribution < -0.4 is 5.32 Å². The summed E-state index contributed by atoms with van der Waals surface area (Å²) in [4.78, 5) is 8.94. The topological polar surface area (TPSA) is 37.8 Å². The number of thioether (sulfide) groups is 1. The molecule has 3 nitrogen and oxygen atoms in total. The zero-order valence-corrected chi connectivity index (χ0v) is 12.3. The molecular weight excluding hydrogens is 230 g/mol. The average Bonchev–Trinajstić information content (AvgIpc) is 2.28. The summed E-state index contributed by atoms with van der Waals surface area (Å²) in [6, 6.07) is 2.06. The summed E-state index contributed by atoms with van der Waals surface area (Å²) in [6.45, 7) is 9.50. The molecule has 0 aliphatic rings. The second kappa shape index (κ2) is 6.84. The van der Waals surface area contributed by atoms with Crippen molar-refractivity contribution in [3.63, 3.8) is 0 Å². The third kappa shape index (κ3) is 4.94. The predicted molar refractivity (Wildman–Crippen MR) is 76.9 cm³/mol. The molecule has 1 heterocycles. The smallest absolute Gasteiger partial charge is 0.223 e. The third-order valence-electron chi connectivity index (χ3n) is 2.70. The molecule has 96 valence electrons. The summed E-state index contributed by atoms with van der Waals surface area (Å²) in [5.74, 6) is 1.21. The maximum Gasteiger partial charge on any atom is 0.223 e. The Morgan fingerprint density at radius 1 is 1.29 bits per heavy atom. The lowest BCUT2D eigenvalue weighted by Crippen LogP contribution is -2.11. The normalized spacial score (nSPS) is 12.8. The lowest BCUT2D eigenvalue weighted by Gasteiger charge is -2.11. The van der Waals surface area contributed by atoms with E-state index in [2.05, 4.69) is 48.4 Å². The van der Waals surface area contributed by atoms with E-state index in [1.165, 1.54) is 0 Å². The molecule has 0 spiro atoms. The van der Waals surface area contributed by atoms with Crippen LogP contribution in [0, 0.1) is 6.92 Å². The van der Waals surface area contributed by atoms with Crippen LogP contribution in [0.3, 0.4) is 0 Å². The standard InChI is InChI=1S/C13H23N3S/c1-9(2)12-8-10(3)15-13(16-12)14-7-6-11(4)17-5/h8-9,11H,6-7H2,1-5H3,(H,14,15,16). The molecule has 1 aromatic heterocycles. The van der Waals surface area contributed by atoms with E-state index >= 15 is 0 Å². The lowest BCUT2D eigenvalue weighted by atomic mass is 10.1. The van der Waals surface area contributed by atoms with Crippen LogP contribution in [0.4, 0.5) is 5.95 Å². The molecule has 1 aromatic rings. The van der Waals surface area contributed by atoms with Crippen molar-refractivity contribution < 1.29 is 0 Å². The number of rotatable bonds is 6. The summed E-state index contributed by atoms with van der Waals surface area (Å²) < 4.78 is 0. The van der Waals surface area contributed by atoms with Gasteiger partial charge in [-0.2, -0.15) is 11.8 Å². The van der Waals surface area contributed by atoms with Crippen molar-refractivity contribution in [1.29, 1.82) is 0 Å². The van der Waals surface area contributed by atoms with E-state index in [1.807, 2.05) is 18.7 Å². The van der Waals surface area contributed by atoms with E-state index in [4.69, 9.17) is 0 Å². The van der Waals surface area contributed by atoms with Crippen LogP contribution in [0.25, 0.3) is 0 Å². The van der Waals surface area contributed by atoms with Gasteiger partial charge < -0.3 is 5.32 Å². The van der Waals surface area contributed by atoms with Gasteiger partial charge in [0.1, 0.15) is 0 Å². The zero-order chi connectivity index (χ0) is 12.8. The molecule has 17 heavy (non-hydrogen) atoms. The first-order chi connectivity index (χ1) is 8.02. The molecule has 0 saturated heterocycles. The maximum atomic E-state index is 4.53. The Kier molecular flexibility index (Phi) is 5.75. The van der Waals surface area contributed by atoms with Crippen molar-refractivity contribution in [2.45, 2.75) is 45.3 Å². The van der Waals surface area contributed by atoms with Crippen LogP contribution in [-0.2, 0) is 0 Å². The van der Waals surface area contributed by atoms with E-state index in [0.717, 1.165) is 30.3 Å². The first-order valence-electron chi connectivity index (χ1n) is 6.15. The van der Waals surface area contributed by atoms with E-state index in [-0.39, 0.29) is 0 Å². The van der Waals surface area contributed by atoms with Crippen LogP contribution in [0.15, 0.2) is 6.07 Å².